The first-order valence-corrected chi connectivity index (χ1v) is 9.38. The van der Waals surface area contributed by atoms with Gasteiger partial charge in [-0.1, -0.05) is 0 Å². The van der Waals surface area contributed by atoms with Crippen LogP contribution in [0.15, 0.2) is 11.1 Å². The molecule has 0 bridgehead atoms. The standard InChI is InChI=1S/C17H20N6O2S/c1-8-9(2)26-17-12(8)15(24)22-11(23-17)4-6-19-16(25)14-13-10(3-5-18-14)20-7-21-13/h7,14,18H,3-6H2,1-2H3,(H,19,25)(H,20,21)(H,22,23,24). The van der Waals surface area contributed by atoms with Crippen LogP contribution in [0.3, 0.4) is 0 Å². The molecule has 0 radical (unpaired) electrons. The van der Waals surface area contributed by atoms with Crippen LogP contribution in [0.4, 0.5) is 0 Å². The molecule has 1 aliphatic heterocycles. The second-order valence-corrected chi connectivity index (χ2v) is 7.62. The van der Waals surface area contributed by atoms with Crippen LogP contribution in [0.1, 0.15) is 33.7 Å². The highest BCUT2D eigenvalue weighted by Crippen LogP contribution is 2.25. The third kappa shape index (κ3) is 2.93. The van der Waals surface area contributed by atoms with Gasteiger partial charge in [0.25, 0.3) is 5.56 Å². The molecule has 4 rings (SSSR count). The lowest BCUT2D eigenvalue weighted by atomic mass is 10.1. The van der Waals surface area contributed by atoms with Gasteiger partial charge >= 0.3 is 0 Å². The summed E-state index contributed by atoms with van der Waals surface area (Å²) in [5.41, 5.74) is 2.63. The maximum absolute atomic E-state index is 12.5. The summed E-state index contributed by atoms with van der Waals surface area (Å²) in [5.74, 6) is 0.463. The van der Waals surface area contributed by atoms with E-state index in [2.05, 4.69) is 30.6 Å². The number of imidazole rings is 1. The molecular weight excluding hydrogens is 352 g/mol. The van der Waals surface area contributed by atoms with Crippen LogP contribution in [0, 0.1) is 13.8 Å². The second kappa shape index (κ2) is 6.65. The molecule has 1 amide bonds. The topological polar surface area (TPSA) is 116 Å². The first-order chi connectivity index (χ1) is 12.5. The minimum Gasteiger partial charge on any atom is -0.354 e. The molecule has 1 unspecified atom stereocenters. The molecule has 0 spiro atoms. The summed E-state index contributed by atoms with van der Waals surface area (Å²) in [6.45, 7) is 5.05. The molecule has 26 heavy (non-hydrogen) atoms. The SMILES string of the molecule is Cc1sc2nc(CCNC(=O)C3NCCc4[nH]cnc43)[nH]c(=O)c2c1C. The molecular formula is C17H20N6O2S. The lowest BCUT2D eigenvalue weighted by Crippen LogP contribution is -2.42. The van der Waals surface area contributed by atoms with Crippen molar-refractivity contribution in [1.82, 2.24) is 30.6 Å². The van der Waals surface area contributed by atoms with Gasteiger partial charge in [0.15, 0.2) is 0 Å². The van der Waals surface area contributed by atoms with Gasteiger partial charge in [-0.25, -0.2) is 9.97 Å². The zero-order valence-corrected chi connectivity index (χ0v) is 15.4. The number of amides is 1. The number of carbonyl (C=O) groups is 1. The van der Waals surface area contributed by atoms with Crippen LogP contribution in [0.25, 0.3) is 10.2 Å². The van der Waals surface area contributed by atoms with Crippen molar-refractivity contribution in [1.29, 1.82) is 0 Å². The van der Waals surface area contributed by atoms with E-state index < -0.39 is 6.04 Å². The number of H-pyrrole nitrogens is 2. The van der Waals surface area contributed by atoms with Crippen molar-refractivity contribution in [3.05, 3.63) is 44.3 Å². The number of nitrogens with one attached hydrogen (secondary N) is 4. The van der Waals surface area contributed by atoms with Crippen molar-refractivity contribution >= 4 is 27.5 Å². The molecule has 0 saturated heterocycles. The molecule has 3 aromatic rings. The molecule has 136 valence electrons. The highest BCUT2D eigenvalue weighted by molar-refractivity contribution is 7.18. The third-order valence-electron chi connectivity index (χ3n) is 4.76. The Morgan fingerprint density at radius 2 is 2.27 bits per heavy atom. The Kier molecular flexibility index (Phi) is 4.33. The van der Waals surface area contributed by atoms with Gasteiger partial charge in [-0.15, -0.1) is 11.3 Å². The largest absolute Gasteiger partial charge is 0.354 e. The van der Waals surface area contributed by atoms with Gasteiger partial charge in [0.2, 0.25) is 5.91 Å². The van der Waals surface area contributed by atoms with Crippen molar-refractivity contribution in [2.45, 2.75) is 32.7 Å². The van der Waals surface area contributed by atoms with Crippen LogP contribution >= 0.6 is 11.3 Å². The summed E-state index contributed by atoms with van der Waals surface area (Å²) in [7, 11) is 0. The monoisotopic (exact) mass is 372 g/mol. The lowest BCUT2D eigenvalue weighted by molar-refractivity contribution is -0.123. The second-order valence-electron chi connectivity index (χ2n) is 6.42. The van der Waals surface area contributed by atoms with Gasteiger partial charge in [0.1, 0.15) is 16.7 Å². The van der Waals surface area contributed by atoms with Crippen LogP contribution < -0.4 is 16.2 Å². The highest BCUT2D eigenvalue weighted by atomic mass is 32.1. The van der Waals surface area contributed by atoms with E-state index >= 15 is 0 Å². The number of hydrogen-bond acceptors (Lipinski definition) is 6. The van der Waals surface area contributed by atoms with Crippen LogP contribution in [0.5, 0.6) is 0 Å². The Morgan fingerprint density at radius 3 is 3.12 bits per heavy atom. The number of carbonyl (C=O) groups excluding carboxylic acids is 1. The number of aromatic nitrogens is 4. The number of hydrogen-bond donors (Lipinski definition) is 4. The molecule has 0 saturated carbocycles. The fourth-order valence-corrected chi connectivity index (χ4v) is 4.31. The first kappa shape index (κ1) is 16.9. The van der Waals surface area contributed by atoms with Gasteiger partial charge in [0.05, 0.1) is 17.4 Å². The molecule has 9 heteroatoms. The molecule has 4 N–H and O–H groups in total. The van der Waals surface area contributed by atoms with Crippen molar-refractivity contribution in [3.8, 4) is 0 Å². The average molecular weight is 372 g/mol. The number of rotatable bonds is 4. The molecule has 0 fully saturated rings. The quantitative estimate of drug-likeness (QED) is 0.542. The third-order valence-corrected chi connectivity index (χ3v) is 5.86. The first-order valence-electron chi connectivity index (χ1n) is 8.56. The molecule has 0 aliphatic carbocycles. The zero-order valence-electron chi connectivity index (χ0n) is 14.6. The molecule has 8 nitrogen and oxygen atoms in total. The Bertz CT molecular complexity index is 1030. The fraction of sp³-hybridized carbons (Fsp3) is 0.412. The van der Waals surface area contributed by atoms with Gasteiger partial charge in [-0.2, -0.15) is 0 Å². The Labute approximate surface area is 153 Å². The number of aryl methyl sites for hydroxylation is 2. The average Bonchev–Trinajstić information content (AvgIpc) is 3.19. The van der Waals surface area contributed by atoms with Gasteiger partial charge in [-0.3, -0.25) is 9.59 Å². The van der Waals surface area contributed by atoms with E-state index in [1.54, 1.807) is 6.33 Å². The Hall–Kier alpha value is -2.52. The van der Waals surface area contributed by atoms with E-state index in [-0.39, 0.29) is 11.5 Å². The van der Waals surface area contributed by atoms with E-state index in [1.165, 1.54) is 11.3 Å². The van der Waals surface area contributed by atoms with Crippen molar-refractivity contribution in [2.75, 3.05) is 13.1 Å². The predicted molar refractivity (Wildman–Crippen MR) is 99.5 cm³/mol. The summed E-state index contributed by atoms with van der Waals surface area (Å²) in [6.07, 6.45) is 2.92. The molecule has 0 aromatic carbocycles. The van der Waals surface area contributed by atoms with E-state index in [9.17, 15) is 9.59 Å². The lowest BCUT2D eigenvalue weighted by Gasteiger charge is -2.22. The minimum absolute atomic E-state index is 0.117. The maximum Gasteiger partial charge on any atom is 0.259 e. The summed E-state index contributed by atoms with van der Waals surface area (Å²) in [5, 5.41) is 6.75. The fourth-order valence-electron chi connectivity index (χ4n) is 3.26. The normalized spacial score (nSPS) is 16.6. The maximum atomic E-state index is 12.5. The number of fused-ring (bicyclic) bond motifs is 2. The molecule has 1 atom stereocenters. The molecule has 4 heterocycles. The van der Waals surface area contributed by atoms with Crippen molar-refractivity contribution in [3.63, 3.8) is 0 Å². The summed E-state index contributed by atoms with van der Waals surface area (Å²) >= 11 is 1.52. The predicted octanol–water partition coefficient (Wildman–Crippen LogP) is 0.870. The smallest absolute Gasteiger partial charge is 0.259 e. The van der Waals surface area contributed by atoms with Gasteiger partial charge in [0, 0.05) is 36.5 Å². The van der Waals surface area contributed by atoms with E-state index in [0.717, 1.165) is 39.6 Å². The van der Waals surface area contributed by atoms with Crippen molar-refractivity contribution in [2.24, 2.45) is 0 Å². The Balaban J connectivity index is 1.43. The van der Waals surface area contributed by atoms with Gasteiger partial charge in [-0.05, 0) is 19.4 Å². The van der Waals surface area contributed by atoms with E-state index in [1.807, 2.05) is 13.8 Å². The van der Waals surface area contributed by atoms with Gasteiger partial charge < -0.3 is 20.6 Å². The number of thiophene rings is 1. The van der Waals surface area contributed by atoms with Crippen LogP contribution in [-0.4, -0.2) is 38.9 Å². The number of aromatic amines is 2. The Morgan fingerprint density at radius 1 is 1.42 bits per heavy atom. The molecule has 3 aromatic heterocycles. The number of nitrogens with zero attached hydrogens (tertiary/aromatic N) is 2. The summed E-state index contributed by atoms with van der Waals surface area (Å²) in [6, 6.07) is -0.443. The zero-order chi connectivity index (χ0) is 18.3. The summed E-state index contributed by atoms with van der Waals surface area (Å²) < 4.78 is 0. The molecule has 1 aliphatic rings. The minimum atomic E-state index is -0.443. The highest BCUT2D eigenvalue weighted by Gasteiger charge is 2.28. The van der Waals surface area contributed by atoms with Crippen LogP contribution in [-0.2, 0) is 17.6 Å². The van der Waals surface area contributed by atoms with E-state index in [4.69, 9.17) is 0 Å². The van der Waals surface area contributed by atoms with E-state index in [0.29, 0.717) is 24.2 Å². The summed E-state index contributed by atoms with van der Waals surface area (Å²) in [4.78, 5) is 41.3. The van der Waals surface area contributed by atoms with Crippen LogP contribution in [0.2, 0.25) is 0 Å². The van der Waals surface area contributed by atoms with Crippen molar-refractivity contribution < 1.29 is 4.79 Å².